The molecule has 0 aromatic carbocycles. The lowest BCUT2D eigenvalue weighted by Crippen LogP contribution is -2.11. The van der Waals surface area contributed by atoms with Gasteiger partial charge in [0.25, 0.3) is 0 Å². The molecule has 0 saturated heterocycles. The van der Waals surface area contributed by atoms with Crippen molar-refractivity contribution in [3.63, 3.8) is 0 Å². The van der Waals surface area contributed by atoms with Crippen molar-refractivity contribution in [2.45, 2.75) is 25.9 Å². The van der Waals surface area contributed by atoms with E-state index in [4.69, 9.17) is 16.7 Å². The van der Waals surface area contributed by atoms with E-state index in [-0.39, 0.29) is 0 Å². The van der Waals surface area contributed by atoms with Crippen LogP contribution in [0.2, 0.25) is 5.15 Å². The molecular weight excluding hydrogens is 232 g/mol. The van der Waals surface area contributed by atoms with Gasteiger partial charge in [-0.05, 0) is 31.4 Å². The van der Waals surface area contributed by atoms with Gasteiger partial charge in [-0.25, -0.2) is 9.78 Å². The Bertz CT molecular complexity index is 382. The average molecular weight is 245 g/mol. The fourth-order valence-electron chi connectivity index (χ4n) is 1.27. The van der Waals surface area contributed by atoms with E-state index in [9.17, 15) is 9.90 Å². The van der Waals surface area contributed by atoms with Crippen LogP contribution in [0.15, 0.2) is 12.3 Å². The van der Waals surface area contributed by atoms with Gasteiger partial charge in [-0.2, -0.15) is 0 Å². The van der Waals surface area contributed by atoms with Crippen LogP contribution in [0, 0.1) is 0 Å². The standard InChI is InChI=1S/C10H13ClN2O3/c1-6(14)2-3-7-4-9(11)12-5-8(7)13-10(15)16/h4-6,13-14H,2-3H2,1H3,(H,15,16). The Morgan fingerprint density at radius 1 is 1.69 bits per heavy atom. The number of carbonyl (C=O) groups is 1. The fourth-order valence-corrected chi connectivity index (χ4v) is 1.45. The Labute approximate surface area is 98.1 Å². The highest BCUT2D eigenvalue weighted by atomic mass is 35.5. The molecule has 1 amide bonds. The fraction of sp³-hybridized carbons (Fsp3) is 0.400. The molecule has 1 aromatic rings. The maximum atomic E-state index is 10.5. The zero-order chi connectivity index (χ0) is 12.1. The van der Waals surface area contributed by atoms with E-state index in [0.29, 0.717) is 23.7 Å². The maximum absolute atomic E-state index is 10.5. The molecule has 16 heavy (non-hydrogen) atoms. The smallest absolute Gasteiger partial charge is 0.409 e. The number of halogens is 1. The maximum Gasteiger partial charge on any atom is 0.409 e. The Morgan fingerprint density at radius 3 is 2.94 bits per heavy atom. The van der Waals surface area contributed by atoms with Crippen molar-refractivity contribution in [1.82, 2.24) is 4.98 Å². The van der Waals surface area contributed by atoms with Gasteiger partial charge in [0.05, 0.1) is 18.0 Å². The van der Waals surface area contributed by atoms with Crippen molar-refractivity contribution in [2.24, 2.45) is 0 Å². The molecule has 0 spiro atoms. The number of aliphatic hydroxyl groups excluding tert-OH is 1. The van der Waals surface area contributed by atoms with Crippen LogP contribution in [0.3, 0.4) is 0 Å². The second kappa shape index (κ2) is 5.67. The number of anilines is 1. The van der Waals surface area contributed by atoms with Crippen molar-refractivity contribution in [2.75, 3.05) is 5.32 Å². The van der Waals surface area contributed by atoms with Gasteiger partial charge in [-0.1, -0.05) is 11.6 Å². The minimum atomic E-state index is -1.15. The summed E-state index contributed by atoms with van der Waals surface area (Å²) in [6.45, 7) is 1.67. The van der Waals surface area contributed by atoms with Crippen LogP contribution in [-0.2, 0) is 6.42 Å². The second-order valence-corrected chi connectivity index (χ2v) is 3.87. The highest BCUT2D eigenvalue weighted by Gasteiger charge is 2.08. The molecule has 0 bridgehead atoms. The molecule has 0 aliphatic heterocycles. The number of aromatic nitrogens is 1. The molecule has 6 heteroatoms. The lowest BCUT2D eigenvalue weighted by atomic mass is 10.1. The zero-order valence-corrected chi connectivity index (χ0v) is 9.53. The summed E-state index contributed by atoms with van der Waals surface area (Å²) in [7, 11) is 0. The molecule has 0 aliphatic carbocycles. The molecule has 3 N–H and O–H groups in total. The summed E-state index contributed by atoms with van der Waals surface area (Å²) in [5.41, 5.74) is 1.13. The van der Waals surface area contributed by atoms with Crippen molar-refractivity contribution in [1.29, 1.82) is 0 Å². The van der Waals surface area contributed by atoms with Crippen LogP contribution in [0.5, 0.6) is 0 Å². The van der Waals surface area contributed by atoms with Gasteiger partial charge in [0.2, 0.25) is 0 Å². The van der Waals surface area contributed by atoms with E-state index in [1.807, 2.05) is 0 Å². The number of aliphatic hydroxyl groups is 1. The van der Waals surface area contributed by atoms with E-state index in [1.54, 1.807) is 13.0 Å². The van der Waals surface area contributed by atoms with Crippen LogP contribution in [0.1, 0.15) is 18.9 Å². The predicted octanol–water partition coefficient (Wildman–Crippen LogP) is 2.14. The first-order chi connectivity index (χ1) is 7.49. The van der Waals surface area contributed by atoms with Gasteiger partial charge in [-0.15, -0.1) is 0 Å². The molecule has 1 unspecified atom stereocenters. The van der Waals surface area contributed by atoms with E-state index >= 15 is 0 Å². The van der Waals surface area contributed by atoms with Crippen molar-refractivity contribution in [3.05, 3.63) is 23.0 Å². The van der Waals surface area contributed by atoms with Crippen molar-refractivity contribution >= 4 is 23.4 Å². The molecule has 88 valence electrons. The van der Waals surface area contributed by atoms with Gasteiger partial charge in [0, 0.05) is 0 Å². The number of amides is 1. The molecule has 1 aromatic heterocycles. The molecular formula is C10H13ClN2O3. The molecule has 0 fully saturated rings. The van der Waals surface area contributed by atoms with Gasteiger partial charge in [0.1, 0.15) is 5.15 Å². The topological polar surface area (TPSA) is 82.5 Å². The number of hydrogen-bond donors (Lipinski definition) is 3. The van der Waals surface area contributed by atoms with Crippen LogP contribution in [0.25, 0.3) is 0 Å². The number of hydrogen-bond acceptors (Lipinski definition) is 3. The monoisotopic (exact) mass is 244 g/mol. The van der Waals surface area contributed by atoms with Crippen LogP contribution >= 0.6 is 11.6 Å². The third-order valence-electron chi connectivity index (χ3n) is 2.03. The summed E-state index contributed by atoms with van der Waals surface area (Å²) < 4.78 is 0. The SMILES string of the molecule is CC(O)CCc1cc(Cl)ncc1NC(=O)O. The quantitative estimate of drug-likeness (QED) is 0.709. The Hall–Kier alpha value is -1.33. The molecule has 1 rings (SSSR count). The summed E-state index contributed by atoms with van der Waals surface area (Å²) in [6.07, 6.45) is 0.852. The Kier molecular flexibility index (Phi) is 4.52. The van der Waals surface area contributed by atoms with Gasteiger partial charge in [-0.3, -0.25) is 5.32 Å². The van der Waals surface area contributed by atoms with E-state index < -0.39 is 12.2 Å². The Morgan fingerprint density at radius 2 is 2.38 bits per heavy atom. The molecule has 0 saturated carbocycles. The van der Waals surface area contributed by atoms with E-state index in [2.05, 4.69) is 10.3 Å². The summed E-state index contributed by atoms with van der Waals surface area (Å²) in [6, 6.07) is 1.59. The Balaban J connectivity index is 2.85. The van der Waals surface area contributed by atoms with Crippen molar-refractivity contribution < 1.29 is 15.0 Å². The largest absolute Gasteiger partial charge is 0.465 e. The third kappa shape index (κ3) is 4.04. The second-order valence-electron chi connectivity index (χ2n) is 3.48. The summed E-state index contributed by atoms with van der Waals surface area (Å²) in [4.78, 5) is 14.3. The molecule has 1 atom stereocenters. The minimum absolute atomic E-state index is 0.302. The van der Waals surface area contributed by atoms with E-state index in [0.717, 1.165) is 5.56 Å². The number of aryl methyl sites for hydroxylation is 1. The number of pyridine rings is 1. The van der Waals surface area contributed by atoms with E-state index in [1.165, 1.54) is 6.20 Å². The van der Waals surface area contributed by atoms with Gasteiger partial charge >= 0.3 is 6.09 Å². The van der Waals surface area contributed by atoms with Crippen LogP contribution < -0.4 is 5.32 Å². The first kappa shape index (κ1) is 12.7. The highest BCUT2D eigenvalue weighted by Crippen LogP contribution is 2.20. The molecule has 0 radical (unpaired) electrons. The molecule has 0 aliphatic rings. The normalized spacial score (nSPS) is 12.2. The molecule has 5 nitrogen and oxygen atoms in total. The summed E-state index contributed by atoms with van der Waals surface area (Å²) >= 11 is 5.72. The van der Waals surface area contributed by atoms with Crippen LogP contribution in [-0.4, -0.2) is 27.4 Å². The summed E-state index contributed by atoms with van der Waals surface area (Å²) in [5.74, 6) is 0. The molecule has 1 heterocycles. The summed E-state index contributed by atoms with van der Waals surface area (Å²) in [5, 5.41) is 20.3. The number of nitrogens with zero attached hydrogens (tertiary/aromatic N) is 1. The lowest BCUT2D eigenvalue weighted by Gasteiger charge is -2.10. The lowest BCUT2D eigenvalue weighted by molar-refractivity contribution is 0.185. The van der Waals surface area contributed by atoms with Gasteiger partial charge in [0.15, 0.2) is 0 Å². The third-order valence-corrected chi connectivity index (χ3v) is 2.24. The first-order valence-corrected chi connectivity index (χ1v) is 5.19. The van der Waals surface area contributed by atoms with Gasteiger partial charge < -0.3 is 10.2 Å². The predicted molar refractivity (Wildman–Crippen MR) is 60.9 cm³/mol. The minimum Gasteiger partial charge on any atom is -0.465 e. The first-order valence-electron chi connectivity index (χ1n) is 4.81. The zero-order valence-electron chi connectivity index (χ0n) is 8.77. The number of carboxylic acid groups (broad SMARTS) is 1. The van der Waals surface area contributed by atoms with Crippen molar-refractivity contribution in [3.8, 4) is 0 Å². The number of rotatable bonds is 4. The van der Waals surface area contributed by atoms with Crippen LogP contribution in [0.4, 0.5) is 10.5 Å². The highest BCUT2D eigenvalue weighted by molar-refractivity contribution is 6.29. The average Bonchev–Trinajstić information content (AvgIpc) is 2.17. The number of nitrogens with one attached hydrogen (secondary N) is 1.